The first kappa shape index (κ1) is 23.2. The first-order valence-corrected chi connectivity index (χ1v) is 11.5. The van der Waals surface area contributed by atoms with Crippen molar-refractivity contribution >= 4 is 17.6 Å². The highest BCUT2D eigenvalue weighted by Crippen LogP contribution is 2.44. The SMILES string of the molecule is CC(=O)Nc1ccc(-c2c(-c3ccc4c(c3)OCO4)nn(-c3cc(C)ccc3C)c2OC(C)=O)cc1. The van der Waals surface area contributed by atoms with Gasteiger partial charge in [0.2, 0.25) is 18.6 Å². The van der Waals surface area contributed by atoms with Crippen LogP contribution >= 0.6 is 0 Å². The fourth-order valence-corrected chi connectivity index (χ4v) is 4.17. The van der Waals surface area contributed by atoms with E-state index in [0.29, 0.717) is 34.3 Å². The van der Waals surface area contributed by atoms with Gasteiger partial charge >= 0.3 is 5.97 Å². The predicted molar refractivity (Wildman–Crippen MR) is 136 cm³/mol. The number of fused-ring (bicyclic) bond motifs is 1. The van der Waals surface area contributed by atoms with Gasteiger partial charge in [0, 0.05) is 25.1 Å². The lowest BCUT2D eigenvalue weighted by molar-refractivity contribution is -0.132. The van der Waals surface area contributed by atoms with Crippen LogP contribution in [0.15, 0.2) is 60.7 Å². The molecule has 1 aliphatic rings. The summed E-state index contributed by atoms with van der Waals surface area (Å²) >= 11 is 0. The van der Waals surface area contributed by atoms with Crippen molar-refractivity contribution in [2.75, 3.05) is 12.1 Å². The van der Waals surface area contributed by atoms with Crippen molar-refractivity contribution in [3.63, 3.8) is 0 Å². The molecular formula is C28H25N3O5. The zero-order valence-electron chi connectivity index (χ0n) is 20.4. The Kier molecular flexibility index (Phi) is 5.93. The van der Waals surface area contributed by atoms with E-state index in [9.17, 15) is 9.59 Å². The van der Waals surface area contributed by atoms with Gasteiger partial charge in [-0.1, -0.05) is 24.3 Å². The predicted octanol–water partition coefficient (Wildman–Crippen LogP) is 5.44. The number of hydrogen-bond donors (Lipinski definition) is 1. The minimum Gasteiger partial charge on any atom is -0.454 e. The Hall–Kier alpha value is -4.59. The van der Waals surface area contributed by atoms with E-state index in [1.165, 1.54) is 13.8 Å². The number of esters is 1. The molecule has 1 aromatic heterocycles. The van der Waals surface area contributed by atoms with Crippen LogP contribution in [-0.2, 0) is 9.59 Å². The van der Waals surface area contributed by atoms with Crippen molar-refractivity contribution in [1.82, 2.24) is 9.78 Å². The van der Waals surface area contributed by atoms with E-state index in [0.717, 1.165) is 27.9 Å². The average Bonchev–Trinajstić information content (AvgIpc) is 3.45. The summed E-state index contributed by atoms with van der Waals surface area (Å²) in [6, 6.07) is 19.0. The van der Waals surface area contributed by atoms with E-state index in [4.69, 9.17) is 19.3 Å². The van der Waals surface area contributed by atoms with Crippen molar-refractivity contribution in [1.29, 1.82) is 0 Å². The quantitative estimate of drug-likeness (QED) is 0.380. The standard InChI is InChI=1S/C28H25N3O5/c1-16-5-6-17(2)23(13-16)31-28(36-19(4)33)26(20-7-10-22(11-8-20)29-18(3)32)27(30-31)21-9-12-24-25(14-21)35-15-34-24/h5-14H,15H2,1-4H3,(H,29,32). The Morgan fingerprint density at radius 2 is 1.64 bits per heavy atom. The molecule has 0 saturated heterocycles. The van der Waals surface area contributed by atoms with Crippen molar-refractivity contribution in [3.8, 4) is 45.5 Å². The third-order valence-electron chi connectivity index (χ3n) is 5.82. The number of nitrogens with one attached hydrogen (secondary N) is 1. The number of carbonyl (C=O) groups excluding carboxylic acids is 2. The fourth-order valence-electron chi connectivity index (χ4n) is 4.17. The number of benzene rings is 3. The Morgan fingerprint density at radius 1 is 0.917 bits per heavy atom. The molecule has 4 aromatic rings. The monoisotopic (exact) mass is 483 g/mol. The summed E-state index contributed by atoms with van der Waals surface area (Å²) in [5, 5.41) is 7.73. The van der Waals surface area contributed by atoms with E-state index < -0.39 is 5.97 Å². The largest absolute Gasteiger partial charge is 0.454 e. The molecule has 2 heterocycles. The van der Waals surface area contributed by atoms with Crippen molar-refractivity contribution < 1.29 is 23.8 Å². The topological polar surface area (TPSA) is 91.7 Å². The second-order valence-electron chi connectivity index (χ2n) is 8.65. The molecule has 3 aromatic carbocycles. The number of amides is 1. The Labute approximate surface area is 208 Å². The molecule has 5 rings (SSSR count). The molecule has 0 aliphatic carbocycles. The van der Waals surface area contributed by atoms with E-state index in [1.807, 2.05) is 62.4 Å². The van der Waals surface area contributed by atoms with Crippen molar-refractivity contribution in [2.24, 2.45) is 0 Å². The molecule has 8 nitrogen and oxygen atoms in total. The van der Waals surface area contributed by atoms with Gasteiger partial charge in [0.1, 0.15) is 5.69 Å². The van der Waals surface area contributed by atoms with Crippen LogP contribution in [0, 0.1) is 13.8 Å². The van der Waals surface area contributed by atoms with Gasteiger partial charge in [0.15, 0.2) is 11.5 Å². The molecule has 0 radical (unpaired) electrons. The highest BCUT2D eigenvalue weighted by Gasteiger charge is 2.26. The van der Waals surface area contributed by atoms with E-state index in [-0.39, 0.29) is 12.7 Å². The van der Waals surface area contributed by atoms with E-state index in [2.05, 4.69) is 5.32 Å². The third kappa shape index (κ3) is 4.40. The van der Waals surface area contributed by atoms with Crippen LogP contribution in [0.25, 0.3) is 28.1 Å². The maximum atomic E-state index is 12.3. The highest BCUT2D eigenvalue weighted by atomic mass is 16.7. The van der Waals surface area contributed by atoms with Crippen LogP contribution in [-0.4, -0.2) is 28.4 Å². The molecule has 0 fully saturated rings. The molecule has 0 bridgehead atoms. The molecule has 0 saturated carbocycles. The van der Waals surface area contributed by atoms with Crippen LogP contribution in [0.2, 0.25) is 0 Å². The number of aromatic nitrogens is 2. The lowest BCUT2D eigenvalue weighted by atomic mass is 10.0. The van der Waals surface area contributed by atoms with Crippen LogP contribution in [0.4, 0.5) is 5.69 Å². The number of aryl methyl sites for hydroxylation is 2. The van der Waals surface area contributed by atoms with Gasteiger partial charge in [-0.05, 0) is 66.9 Å². The summed E-state index contributed by atoms with van der Waals surface area (Å²) in [6.45, 7) is 6.96. The summed E-state index contributed by atoms with van der Waals surface area (Å²) in [5.74, 6) is 0.960. The molecule has 8 heteroatoms. The molecule has 1 amide bonds. The van der Waals surface area contributed by atoms with Crippen LogP contribution < -0.4 is 19.5 Å². The Bertz CT molecular complexity index is 1490. The maximum absolute atomic E-state index is 12.3. The Balaban J connectivity index is 1.77. The minimum atomic E-state index is -0.463. The molecular weight excluding hydrogens is 458 g/mol. The summed E-state index contributed by atoms with van der Waals surface area (Å²) < 4.78 is 18.5. The molecule has 0 spiro atoms. The zero-order chi connectivity index (χ0) is 25.4. The van der Waals surface area contributed by atoms with Crippen LogP contribution in [0.5, 0.6) is 17.4 Å². The minimum absolute atomic E-state index is 0.159. The van der Waals surface area contributed by atoms with Crippen molar-refractivity contribution in [3.05, 3.63) is 71.8 Å². The summed E-state index contributed by atoms with van der Waals surface area (Å²) in [4.78, 5) is 23.8. The van der Waals surface area contributed by atoms with Gasteiger partial charge in [-0.15, -0.1) is 0 Å². The van der Waals surface area contributed by atoms with Crippen LogP contribution in [0.3, 0.4) is 0 Å². The molecule has 1 N–H and O–H groups in total. The molecule has 36 heavy (non-hydrogen) atoms. The lowest BCUT2D eigenvalue weighted by Crippen LogP contribution is -2.09. The first-order chi connectivity index (χ1) is 17.3. The van der Waals surface area contributed by atoms with Gasteiger partial charge in [0.05, 0.1) is 11.3 Å². The summed E-state index contributed by atoms with van der Waals surface area (Å²) in [6.07, 6.45) is 0. The van der Waals surface area contributed by atoms with Gasteiger partial charge in [-0.2, -0.15) is 9.78 Å². The number of anilines is 1. The summed E-state index contributed by atoms with van der Waals surface area (Å²) in [5.41, 5.74) is 6.27. The van der Waals surface area contributed by atoms with Gasteiger partial charge in [0.25, 0.3) is 0 Å². The number of carbonyl (C=O) groups is 2. The Morgan fingerprint density at radius 3 is 2.36 bits per heavy atom. The lowest BCUT2D eigenvalue weighted by Gasteiger charge is -2.12. The van der Waals surface area contributed by atoms with Crippen molar-refractivity contribution in [2.45, 2.75) is 27.7 Å². The van der Waals surface area contributed by atoms with Gasteiger partial charge < -0.3 is 19.5 Å². The number of nitrogens with zero attached hydrogens (tertiary/aromatic N) is 2. The second kappa shape index (κ2) is 9.22. The number of hydrogen-bond acceptors (Lipinski definition) is 6. The highest BCUT2D eigenvalue weighted by molar-refractivity contribution is 5.91. The molecule has 0 atom stereocenters. The third-order valence-corrected chi connectivity index (χ3v) is 5.82. The number of rotatable bonds is 5. The molecule has 0 unspecified atom stereocenters. The first-order valence-electron chi connectivity index (χ1n) is 11.5. The fraction of sp³-hybridized carbons (Fsp3) is 0.179. The van der Waals surface area contributed by atoms with E-state index in [1.54, 1.807) is 16.8 Å². The van der Waals surface area contributed by atoms with Gasteiger partial charge in [-0.3, -0.25) is 9.59 Å². The summed E-state index contributed by atoms with van der Waals surface area (Å²) in [7, 11) is 0. The smallest absolute Gasteiger partial charge is 0.309 e. The number of ether oxygens (including phenoxy) is 3. The second-order valence-corrected chi connectivity index (χ2v) is 8.65. The normalized spacial score (nSPS) is 11.9. The van der Waals surface area contributed by atoms with Gasteiger partial charge in [-0.25, -0.2) is 0 Å². The molecule has 182 valence electrons. The van der Waals surface area contributed by atoms with Crippen LogP contribution in [0.1, 0.15) is 25.0 Å². The van der Waals surface area contributed by atoms with E-state index >= 15 is 0 Å². The average molecular weight is 484 g/mol. The molecule has 1 aliphatic heterocycles. The zero-order valence-corrected chi connectivity index (χ0v) is 20.4. The maximum Gasteiger partial charge on any atom is 0.309 e.